The summed E-state index contributed by atoms with van der Waals surface area (Å²) in [5, 5.41) is 0. The van der Waals surface area contributed by atoms with Crippen molar-refractivity contribution in [3.63, 3.8) is 0 Å². The molecule has 2 heteroatoms. The third-order valence-electron chi connectivity index (χ3n) is 4.78. The summed E-state index contributed by atoms with van der Waals surface area (Å²) in [6.45, 7) is 7.81. The van der Waals surface area contributed by atoms with Crippen molar-refractivity contribution in [1.82, 2.24) is 9.80 Å². The molecule has 0 aromatic heterocycles. The lowest BCUT2D eigenvalue weighted by Crippen LogP contribution is -2.38. The minimum atomic E-state index is 0.821. The van der Waals surface area contributed by atoms with E-state index in [0.29, 0.717) is 0 Å². The highest BCUT2D eigenvalue weighted by atomic mass is 15.1. The SMILES string of the molecule is CC(CC1CCN(C)CC1)N1CCCCCC1. The standard InChI is InChI=1S/C15H30N2/c1-14(17-9-5-3-4-6-10-17)13-15-7-11-16(2)12-8-15/h14-15H,3-13H2,1-2H3. The van der Waals surface area contributed by atoms with E-state index in [1.54, 1.807) is 0 Å². The van der Waals surface area contributed by atoms with E-state index >= 15 is 0 Å². The van der Waals surface area contributed by atoms with Crippen molar-refractivity contribution in [3.05, 3.63) is 0 Å². The van der Waals surface area contributed by atoms with Gasteiger partial charge in [0.05, 0.1) is 0 Å². The smallest absolute Gasteiger partial charge is 0.00695 e. The monoisotopic (exact) mass is 238 g/mol. The van der Waals surface area contributed by atoms with Crippen molar-refractivity contribution >= 4 is 0 Å². The number of hydrogen-bond acceptors (Lipinski definition) is 2. The summed E-state index contributed by atoms with van der Waals surface area (Å²) in [6, 6.07) is 0.821. The number of nitrogens with zero attached hydrogens (tertiary/aromatic N) is 2. The molecule has 0 bridgehead atoms. The normalized spacial score (nSPS) is 27.9. The van der Waals surface area contributed by atoms with Crippen molar-refractivity contribution in [2.45, 2.75) is 57.9 Å². The Kier molecular flexibility index (Phi) is 5.30. The molecular weight excluding hydrogens is 208 g/mol. The summed E-state index contributed by atoms with van der Waals surface area (Å²) in [5.41, 5.74) is 0. The molecule has 0 amide bonds. The van der Waals surface area contributed by atoms with Crippen LogP contribution in [0.1, 0.15) is 51.9 Å². The zero-order valence-corrected chi connectivity index (χ0v) is 11.8. The van der Waals surface area contributed by atoms with E-state index in [-0.39, 0.29) is 0 Å². The lowest BCUT2D eigenvalue weighted by molar-refractivity contribution is 0.149. The van der Waals surface area contributed by atoms with Crippen molar-refractivity contribution in [2.75, 3.05) is 33.2 Å². The summed E-state index contributed by atoms with van der Waals surface area (Å²) in [6.07, 6.45) is 10.1. The van der Waals surface area contributed by atoms with Crippen molar-refractivity contribution in [2.24, 2.45) is 5.92 Å². The third kappa shape index (κ3) is 4.26. The Balaban J connectivity index is 1.73. The zero-order chi connectivity index (χ0) is 12.1. The van der Waals surface area contributed by atoms with Crippen LogP contribution in [0.2, 0.25) is 0 Å². The molecule has 0 radical (unpaired) electrons. The Bertz CT molecular complexity index is 201. The third-order valence-corrected chi connectivity index (χ3v) is 4.78. The number of rotatable bonds is 3. The first-order chi connectivity index (χ1) is 8.25. The Morgan fingerprint density at radius 2 is 1.53 bits per heavy atom. The van der Waals surface area contributed by atoms with Crippen molar-refractivity contribution < 1.29 is 0 Å². The van der Waals surface area contributed by atoms with Crippen LogP contribution in [-0.4, -0.2) is 49.1 Å². The summed E-state index contributed by atoms with van der Waals surface area (Å²) in [5.74, 6) is 0.990. The second-order valence-corrected chi connectivity index (χ2v) is 6.28. The van der Waals surface area contributed by atoms with Crippen LogP contribution in [-0.2, 0) is 0 Å². The second-order valence-electron chi connectivity index (χ2n) is 6.28. The van der Waals surface area contributed by atoms with Gasteiger partial charge in [-0.15, -0.1) is 0 Å². The molecule has 2 aliphatic rings. The fraction of sp³-hybridized carbons (Fsp3) is 1.00. The quantitative estimate of drug-likeness (QED) is 0.746. The van der Waals surface area contributed by atoms with Gasteiger partial charge in [-0.3, -0.25) is 0 Å². The average Bonchev–Trinajstić information content (AvgIpc) is 2.61. The molecule has 17 heavy (non-hydrogen) atoms. The van der Waals surface area contributed by atoms with Crippen LogP contribution < -0.4 is 0 Å². The molecule has 2 saturated heterocycles. The van der Waals surface area contributed by atoms with Crippen LogP contribution in [0.5, 0.6) is 0 Å². The molecule has 1 atom stereocenters. The van der Waals surface area contributed by atoms with Crippen LogP contribution >= 0.6 is 0 Å². The second kappa shape index (κ2) is 6.75. The topological polar surface area (TPSA) is 6.48 Å². The lowest BCUT2D eigenvalue weighted by Gasteiger charge is -2.34. The number of piperidine rings is 1. The highest BCUT2D eigenvalue weighted by Crippen LogP contribution is 2.24. The maximum absolute atomic E-state index is 2.76. The molecule has 0 aliphatic carbocycles. The highest BCUT2D eigenvalue weighted by molar-refractivity contribution is 4.77. The highest BCUT2D eigenvalue weighted by Gasteiger charge is 2.22. The first-order valence-corrected chi connectivity index (χ1v) is 7.68. The van der Waals surface area contributed by atoms with Crippen LogP contribution in [0.4, 0.5) is 0 Å². The number of hydrogen-bond donors (Lipinski definition) is 0. The van der Waals surface area contributed by atoms with Gasteiger partial charge < -0.3 is 9.80 Å². The molecule has 2 fully saturated rings. The minimum Gasteiger partial charge on any atom is -0.306 e. The van der Waals surface area contributed by atoms with E-state index in [4.69, 9.17) is 0 Å². The van der Waals surface area contributed by atoms with Gasteiger partial charge in [0, 0.05) is 6.04 Å². The van der Waals surface area contributed by atoms with Gasteiger partial charge in [-0.25, -0.2) is 0 Å². The zero-order valence-electron chi connectivity index (χ0n) is 11.8. The van der Waals surface area contributed by atoms with E-state index in [1.807, 2.05) is 0 Å². The van der Waals surface area contributed by atoms with E-state index in [0.717, 1.165) is 12.0 Å². The van der Waals surface area contributed by atoms with Crippen LogP contribution in [0.15, 0.2) is 0 Å². The Hall–Kier alpha value is -0.0800. The largest absolute Gasteiger partial charge is 0.306 e. The maximum Gasteiger partial charge on any atom is 0.00695 e. The summed E-state index contributed by atoms with van der Waals surface area (Å²) in [4.78, 5) is 5.23. The van der Waals surface area contributed by atoms with Gasteiger partial charge in [-0.05, 0) is 78.2 Å². The van der Waals surface area contributed by atoms with Gasteiger partial charge >= 0.3 is 0 Å². The molecule has 100 valence electrons. The van der Waals surface area contributed by atoms with E-state index in [1.165, 1.54) is 71.1 Å². The predicted molar refractivity (Wildman–Crippen MR) is 74.3 cm³/mol. The molecule has 0 aromatic rings. The lowest BCUT2D eigenvalue weighted by atomic mass is 9.90. The minimum absolute atomic E-state index is 0.821. The number of likely N-dealkylation sites (tertiary alicyclic amines) is 2. The molecule has 2 aliphatic heterocycles. The Morgan fingerprint density at radius 3 is 2.12 bits per heavy atom. The van der Waals surface area contributed by atoms with Crippen molar-refractivity contribution in [3.8, 4) is 0 Å². The molecule has 0 saturated carbocycles. The Morgan fingerprint density at radius 1 is 0.941 bits per heavy atom. The molecule has 0 spiro atoms. The van der Waals surface area contributed by atoms with Gasteiger partial charge in [0.2, 0.25) is 0 Å². The molecular formula is C15H30N2. The average molecular weight is 238 g/mol. The van der Waals surface area contributed by atoms with Gasteiger partial charge in [-0.1, -0.05) is 12.8 Å². The first-order valence-electron chi connectivity index (χ1n) is 7.68. The molecule has 2 heterocycles. The van der Waals surface area contributed by atoms with Gasteiger partial charge in [0.25, 0.3) is 0 Å². The van der Waals surface area contributed by atoms with E-state index in [9.17, 15) is 0 Å². The Labute approximate surface area is 107 Å². The van der Waals surface area contributed by atoms with Crippen LogP contribution in [0.25, 0.3) is 0 Å². The van der Waals surface area contributed by atoms with E-state index in [2.05, 4.69) is 23.8 Å². The summed E-state index contributed by atoms with van der Waals surface area (Å²) in [7, 11) is 2.26. The van der Waals surface area contributed by atoms with Gasteiger partial charge in [0.1, 0.15) is 0 Å². The van der Waals surface area contributed by atoms with Gasteiger partial charge in [0.15, 0.2) is 0 Å². The van der Waals surface area contributed by atoms with Crippen molar-refractivity contribution in [1.29, 1.82) is 0 Å². The first kappa shape index (κ1) is 13.4. The van der Waals surface area contributed by atoms with Crippen LogP contribution in [0.3, 0.4) is 0 Å². The predicted octanol–water partition coefficient (Wildman–Crippen LogP) is 2.98. The molecule has 2 nitrogen and oxygen atoms in total. The molecule has 0 aromatic carbocycles. The van der Waals surface area contributed by atoms with Crippen LogP contribution in [0, 0.1) is 5.92 Å². The molecule has 2 rings (SSSR count). The van der Waals surface area contributed by atoms with Gasteiger partial charge in [-0.2, -0.15) is 0 Å². The molecule has 1 unspecified atom stereocenters. The summed E-state index contributed by atoms with van der Waals surface area (Å²) < 4.78 is 0. The maximum atomic E-state index is 2.76. The molecule has 0 N–H and O–H groups in total. The summed E-state index contributed by atoms with van der Waals surface area (Å²) >= 11 is 0. The fourth-order valence-electron chi connectivity index (χ4n) is 3.47. The fourth-order valence-corrected chi connectivity index (χ4v) is 3.47. The van der Waals surface area contributed by atoms with E-state index < -0.39 is 0 Å².